The Morgan fingerprint density at radius 1 is 1.50 bits per heavy atom. The molecule has 0 aliphatic carbocycles. The summed E-state index contributed by atoms with van der Waals surface area (Å²) in [5, 5.41) is 11.2. The van der Waals surface area contributed by atoms with Crippen LogP contribution < -0.4 is 0 Å². The third-order valence-corrected chi connectivity index (χ3v) is 4.07. The summed E-state index contributed by atoms with van der Waals surface area (Å²) in [5.41, 5.74) is 0.930. The molecular formula is C12H17NO2S. The fraction of sp³-hybridized carbons (Fsp3) is 0.583. The van der Waals surface area contributed by atoms with Crippen molar-refractivity contribution in [1.82, 2.24) is 4.98 Å². The summed E-state index contributed by atoms with van der Waals surface area (Å²) in [6.45, 7) is 3.47. The standard InChI is InChI=1S/C12H17NO2S/c1-9(14)11-3-2-6-13-12(11)16-10-4-7-15-8-5-10/h2-3,6,9-10,14H,4-5,7-8H2,1H3. The molecule has 0 saturated carbocycles. The van der Waals surface area contributed by atoms with Crippen molar-refractivity contribution >= 4 is 11.8 Å². The van der Waals surface area contributed by atoms with Crippen molar-refractivity contribution in [3.05, 3.63) is 23.9 Å². The van der Waals surface area contributed by atoms with Crippen molar-refractivity contribution < 1.29 is 9.84 Å². The molecule has 1 aliphatic heterocycles. The van der Waals surface area contributed by atoms with E-state index in [9.17, 15) is 5.11 Å². The second-order valence-electron chi connectivity index (χ2n) is 4.00. The average molecular weight is 239 g/mol. The lowest BCUT2D eigenvalue weighted by molar-refractivity contribution is 0.1000. The maximum absolute atomic E-state index is 9.66. The number of hydrogen-bond donors (Lipinski definition) is 1. The highest BCUT2D eigenvalue weighted by Crippen LogP contribution is 2.32. The molecule has 1 aromatic heterocycles. The molecule has 1 aliphatic rings. The van der Waals surface area contributed by atoms with Crippen molar-refractivity contribution in [2.24, 2.45) is 0 Å². The minimum Gasteiger partial charge on any atom is -0.389 e. The molecule has 1 fully saturated rings. The molecule has 1 aromatic rings. The zero-order chi connectivity index (χ0) is 11.4. The summed E-state index contributed by atoms with van der Waals surface area (Å²) in [5.74, 6) is 0. The first-order chi connectivity index (χ1) is 7.77. The minimum atomic E-state index is -0.448. The van der Waals surface area contributed by atoms with Gasteiger partial charge in [0.1, 0.15) is 5.03 Å². The molecular weight excluding hydrogens is 222 g/mol. The molecule has 0 bridgehead atoms. The van der Waals surface area contributed by atoms with Crippen LogP contribution in [0.2, 0.25) is 0 Å². The van der Waals surface area contributed by atoms with Crippen molar-refractivity contribution in [2.75, 3.05) is 13.2 Å². The van der Waals surface area contributed by atoms with Crippen LogP contribution in [-0.4, -0.2) is 28.6 Å². The predicted molar refractivity (Wildman–Crippen MR) is 64.6 cm³/mol. The molecule has 1 N–H and O–H groups in total. The summed E-state index contributed by atoms with van der Waals surface area (Å²) in [6, 6.07) is 3.81. The highest BCUT2D eigenvalue weighted by molar-refractivity contribution is 7.99. The number of rotatable bonds is 3. The third-order valence-electron chi connectivity index (χ3n) is 2.70. The van der Waals surface area contributed by atoms with E-state index in [1.807, 2.05) is 12.1 Å². The molecule has 0 aromatic carbocycles. The molecule has 1 unspecified atom stereocenters. The number of aliphatic hydroxyl groups excluding tert-OH is 1. The number of aromatic nitrogens is 1. The predicted octanol–water partition coefficient (Wildman–Crippen LogP) is 2.41. The lowest BCUT2D eigenvalue weighted by atomic mass is 10.2. The van der Waals surface area contributed by atoms with E-state index < -0.39 is 6.10 Å². The van der Waals surface area contributed by atoms with Gasteiger partial charge in [-0.05, 0) is 25.8 Å². The van der Waals surface area contributed by atoms with Gasteiger partial charge in [-0.2, -0.15) is 0 Å². The molecule has 0 amide bonds. The van der Waals surface area contributed by atoms with E-state index in [0.29, 0.717) is 5.25 Å². The Labute approximate surface area is 100 Å². The molecule has 4 heteroatoms. The molecule has 1 atom stereocenters. The number of thioether (sulfide) groups is 1. The van der Waals surface area contributed by atoms with Crippen LogP contribution in [0.1, 0.15) is 31.4 Å². The summed E-state index contributed by atoms with van der Waals surface area (Å²) in [4.78, 5) is 4.36. The molecule has 0 radical (unpaired) electrons. The maximum atomic E-state index is 9.66. The summed E-state index contributed by atoms with van der Waals surface area (Å²) < 4.78 is 5.33. The monoisotopic (exact) mass is 239 g/mol. The first kappa shape index (κ1) is 11.9. The second kappa shape index (κ2) is 5.66. The van der Waals surface area contributed by atoms with E-state index in [1.165, 1.54) is 0 Å². The fourth-order valence-corrected chi connectivity index (χ4v) is 3.01. The summed E-state index contributed by atoms with van der Waals surface area (Å²) in [7, 11) is 0. The highest BCUT2D eigenvalue weighted by atomic mass is 32.2. The smallest absolute Gasteiger partial charge is 0.102 e. The van der Waals surface area contributed by atoms with E-state index in [-0.39, 0.29) is 0 Å². The van der Waals surface area contributed by atoms with Gasteiger partial charge in [0.25, 0.3) is 0 Å². The molecule has 3 nitrogen and oxygen atoms in total. The van der Waals surface area contributed by atoms with Gasteiger partial charge in [-0.25, -0.2) is 4.98 Å². The molecule has 2 rings (SSSR count). The third kappa shape index (κ3) is 2.97. The molecule has 88 valence electrons. The Kier molecular flexibility index (Phi) is 4.21. The number of aliphatic hydroxyl groups is 1. The molecule has 2 heterocycles. The molecule has 0 spiro atoms. The lowest BCUT2D eigenvalue weighted by Gasteiger charge is -2.22. The Morgan fingerprint density at radius 2 is 2.25 bits per heavy atom. The maximum Gasteiger partial charge on any atom is 0.102 e. The van der Waals surface area contributed by atoms with Gasteiger partial charge in [-0.15, -0.1) is 11.8 Å². The topological polar surface area (TPSA) is 42.4 Å². The normalized spacial score (nSPS) is 19.6. The number of ether oxygens (including phenoxy) is 1. The van der Waals surface area contributed by atoms with Crippen molar-refractivity contribution in [2.45, 2.75) is 36.1 Å². The lowest BCUT2D eigenvalue weighted by Crippen LogP contribution is -2.17. The Morgan fingerprint density at radius 3 is 2.94 bits per heavy atom. The van der Waals surface area contributed by atoms with Gasteiger partial charge in [0.15, 0.2) is 0 Å². The Balaban J connectivity index is 2.07. The minimum absolute atomic E-state index is 0.448. The van der Waals surface area contributed by atoms with Crippen molar-refractivity contribution in [1.29, 1.82) is 0 Å². The van der Waals surface area contributed by atoms with Gasteiger partial charge >= 0.3 is 0 Å². The first-order valence-corrected chi connectivity index (χ1v) is 6.52. The van der Waals surface area contributed by atoms with E-state index in [0.717, 1.165) is 36.6 Å². The Hall–Kier alpha value is -0.580. The van der Waals surface area contributed by atoms with E-state index in [4.69, 9.17) is 4.74 Å². The van der Waals surface area contributed by atoms with Gasteiger partial charge < -0.3 is 9.84 Å². The van der Waals surface area contributed by atoms with Crippen LogP contribution in [0.15, 0.2) is 23.4 Å². The molecule has 16 heavy (non-hydrogen) atoms. The van der Waals surface area contributed by atoms with Crippen molar-refractivity contribution in [3.63, 3.8) is 0 Å². The number of hydrogen-bond acceptors (Lipinski definition) is 4. The van der Waals surface area contributed by atoms with Crippen molar-refractivity contribution in [3.8, 4) is 0 Å². The number of pyridine rings is 1. The Bertz CT molecular complexity index is 338. The van der Waals surface area contributed by atoms with Crippen LogP contribution in [0.3, 0.4) is 0 Å². The van der Waals surface area contributed by atoms with E-state index in [1.54, 1.807) is 24.9 Å². The quantitative estimate of drug-likeness (QED) is 0.879. The van der Waals surface area contributed by atoms with Gasteiger partial charge in [-0.3, -0.25) is 0 Å². The van der Waals surface area contributed by atoms with Crippen LogP contribution in [0.4, 0.5) is 0 Å². The zero-order valence-corrected chi connectivity index (χ0v) is 10.2. The van der Waals surface area contributed by atoms with Crippen LogP contribution in [0.25, 0.3) is 0 Å². The summed E-state index contributed by atoms with van der Waals surface area (Å²) >= 11 is 1.77. The average Bonchev–Trinajstić information content (AvgIpc) is 2.31. The molecule has 1 saturated heterocycles. The zero-order valence-electron chi connectivity index (χ0n) is 9.43. The second-order valence-corrected chi connectivity index (χ2v) is 5.29. The van der Waals surface area contributed by atoms with Crippen LogP contribution >= 0.6 is 11.8 Å². The van der Waals surface area contributed by atoms with Gasteiger partial charge in [0, 0.05) is 30.2 Å². The highest BCUT2D eigenvalue weighted by Gasteiger charge is 2.18. The van der Waals surface area contributed by atoms with Gasteiger partial charge in [-0.1, -0.05) is 6.07 Å². The van der Waals surface area contributed by atoms with Crippen LogP contribution in [0, 0.1) is 0 Å². The van der Waals surface area contributed by atoms with E-state index >= 15 is 0 Å². The SMILES string of the molecule is CC(O)c1cccnc1SC1CCOCC1. The summed E-state index contributed by atoms with van der Waals surface area (Å²) in [6.07, 6.45) is 3.48. The van der Waals surface area contributed by atoms with Crippen LogP contribution in [-0.2, 0) is 4.74 Å². The largest absolute Gasteiger partial charge is 0.389 e. The first-order valence-electron chi connectivity index (χ1n) is 5.65. The van der Waals surface area contributed by atoms with E-state index in [2.05, 4.69) is 4.98 Å². The number of nitrogens with zero attached hydrogens (tertiary/aromatic N) is 1. The van der Waals surface area contributed by atoms with Crippen LogP contribution in [0.5, 0.6) is 0 Å². The fourth-order valence-electron chi connectivity index (χ4n) is 1.77. The van der Waals surface area contributed by atoms with Gasteiger partial charge in [0.05, 0.1) is 6.10 Å². The van der Waals surface area contributed by atoms with Gasteiger partial charge in [0.2, 0.25) is 0 Å².